The van der Waals surface area contributed by atoms with Gasteiger partial charge in [0.25, 0.3) is 11.8 Å². The lowest BCUT2D eigenvalue weighted by Gasteiger charge is -2.12. The molecule has 1 aliphatic rings. The number of likely N-dealkylation sites (tertiary alicyclic amines) is 1. The van der Waals surface area contributed by atoms with E-state index in [2.05, 4.69) is 15.6 Å². The first kappa shape index (κ1) is 23.9. The second-order valence-corrected chi connectivity index (χ2v) is 9.02. The molecule has 2 heterocycles. The highest BCUT2D eigenvalue weighted by atomic mass is 32.2. The van der Waals surface area contributed by atoms with Crippen molar-refractivity contribution in [2.75, 3.05) is 12.4 Å². The van der Waals surface area contributed by atoms with Crippen LogP contribution in [-0.4, -0.2) is 45.8 Å². The molecule has 176 valence electrons. The summed E-state index contributed by atoms with van der Waals surface area (Å²) < 4.78 is 0. The number of anilines is 1. The Bertz CT molecular complexity index is 1280. The predicted octanol–water partition coefficient (Wildman–Crippen LogP) is 3.34. The Kier molecular flexibility index (Phi) is 7.37. The van der Waals surface area contributed by atoms with Crippen molar-refractivity contribution in [3.8, 4) is 0 Å². The van der Waals surface area contributed by atoms with E-state index in [1.807, 2.05) is 0 Å². The molecule has 8 nitrogen and oxygen atoms in total. The molecule has 2 N–H and O–H groups in total. The summed E-state index contributed by atoms with van der Waals surface area (Å²) in [7, 11) is 1.48. The van der Waals surface area contributed by atoms with Gasteiger partial charge in [-0.2, -0.15) is 0 Å². The molecule has 0 radical (unpaired) electrons. The van der Waals surface area contributed by atoms with E-state index in [1.54, 1.807) is 85.2 Å². The summed E-state index contributed by atoms with van der Waals surface area (Å²) in [6, 6.07) is 19.0. The van der Waals surface area contributed by atoms with Crippen LogP contribution in [0, 0.1) is 0 Å². The fraction of sp³-hybridized carbons (Fsp3) is 0.115. The number of rotatable bonds is 7. The minimum absolute atomic E-state index is 0.0587. The summed E-state index contributed by atoms with van der Waals surface area (Å²) in [5.41, 5.74) is 1.64. The van der Waals surface area contributed by atoms with E-state index in [-0.39, 0.29) is 23.9 Å². The molecule has 1 fully saturated rings. The normalized spacial score (nSPS) is 15.7. The quantitative estimate of drug-likeness (QED) is 0.392. The van der Waals surface area contributed by atoms with Crippen LogP contribution in [-0.2, 0) is 14.4 Å². The Morgan fingerprint density at radius 1 is 1.03 bits per heavy atom. The Balaban J connectivity index is 1.47. The van der Waals surface area contributed by atoms with Crippen LogP contribution in [0.3, 0.4) is 0 Å². The molecule has 4 rings (SSSR count). The number of amides is 4. The number of thioether (sulfide) groups is 1. The molecule has 35 heavy (non-hydrogen) atoms. The second-order valence-electron chi connectivity index (χ2n) is 7.74. The molecule has 1 aromatic heterocycles. The van der Waals surface area contributed by atoms with Crippen LogP contribution in [0.15, 0.2) is 89.7 Å². The fourth-order valence-corrected chi connectivity index (χ4v) is 4.47. The zero-order valence-corrected chi connectivity index (χ0v) is 19.6. The van der Waals surface area contributed by atoms with Gasteiger partial charge in [0, 0.05) is 42.0 Å². The van der Waals surface area contributed by atoms with Gasteiger partial charge in [-0.1, -0.05) is 24.3 Å². The van der Waals surface area contributed by atoms with Crippen molar-refractivity contribution < 1.29 is 19.2 Å². The van der Waals surface area contributed by atoms with E-state index < -0.39 is 17.1 Å². The molecule has 2 aromatic carbocycles. The lowest BCUT2D eigenvalue weighted by molar-refractivity contribution is -0.136. The number of carbonyl (C=O) groups is 4. The Morgan fingerprint density at radius 2 is 1.77 bits per heavy atom. The van der Waals surface area contributed by atoms with Crippen LogP contribution in [0.1, 0.15) is 22.3 Å². The number of nitrogens with zero attached hydrogens (tertiary/aromatic N) is 2. The smallest absolute Gasteiger partial charge is 0.272 e. The van der Waals surface area contributed by atoms with E-state index in [9.17, 15) is 19.2 Å². The fourth-order valence-electron chi connectivity index (χ4n) is 3.36. The molecule has 0 bridgehead atoms. The molecule has 1 aliphatic heterocycles. The maximum atomic E-state index is 13.1. The van der Waals surface area contributed by atoms with Gasteiger partial charge in [-0.25, -0.2) is 0 Å². The molecule has 0 saturated carbocycles. The monoisotopic (exact) mass is 486 g/mol. The van der Waals surface area contributed by atoms with Gasteiger partial charge < -0.3 is 10.6 Å². The molecule has 9 heteroatoms. The van der Waals surface area contributed by atoms with Gasteiger partial charge in [0.15, 0.2) is 0 Å². The zero-order valence-electron chi connectivity index (χ0n) is 18.8. The third-order valence-corrected chi connectivity index (χ3v) is 6.45. The summed E-state index contributed by atoms with van der Waals surface area (Å²) in [4.78, 5) is 55.6. The van der Waals surface area contributed by atoms with Crippen molar-refractivity contribution in [2.45, 2.75) is 16.6 Å². The van der Waals surface area contributed by atoms with Crippen molar-refractivity contribution in [3.05, 3.63) is 95.9 Å². The molecule has 1 atom stereocenters. The summed E-state index contributed by atoms with van der Waals surface area (Å²) in [6.45, 7) is 0. The minimum Gasteiger partial charge on any atom is -0.321 e. The number of benzene rings is 2. The molecular weight excluding hydrogens is 464 g/mol. The van der Waals surface area contributed by atoms with Gasteiger partial charge in [0.05, 0.1) is 5.25 Å². The molecule has 1 saturated heterocycles. The van der Waals surface area contributed by atoms with Gasteiger partial charge in [-0.05, 0) is 54.1 Å². The highest BCUT2D eigenvalue weighted by Gasteiger charge is 2.36. The molecule has 4 amide bonds. The van der Waals surface area contributed by atoms with Gasteiger partial charge in [0.2, 0.25) is 11.8 Å². The minimum atomic E-state index is -0.503. The highest BCUT2D eigenvalue weighted by Crippen LogP contribution is 2.31. The number of carbonyl (C=O) groups excluding carboxylic acids is 4. The van der Waals surface area contributed by atoms with Gasteiger partial charge in [-0.3, -0.25) is 29.1 Å². The summed E-state index contributed by atoms with van der Waals surface area (Å²) in [6.07, 6.45) is 4.92. The lowest BCUT2D eigenvalue weighted by Crippen LogP contribution is -2.30. The standard InChI is InChI=1S/C26H22N4O4S/c1-30-23(31)15-22(26(30)34)35-20-11-9-19(10-12-20)28-25(33)21(14-17-6-5-13-27-16-17)29-24(32)18-7-3-2-4-8-18/h2-14,16,22H,15H2,1H3,(H,28,33)(H,29,32)/b21-14-. The third-order valence-electron chi connectivity index (χ3n) is 5.25. The van der Waals surface area contributed by atoms with Crippen LogP contribution in [0.2, 0.25) is 0 Å². The molecule has 3 aromatic rings. The Labute approximate surface area is 206 Å². The van der Waals surface area contributed by atoms with Gasteiger partial charge >= 0.3 is 0 Å². The average Bonchev–Trinajstić information content (AvgIpc) is 3.12. The number of pyridine rings is 1. The Hall–Kier alpha value is -4.24. The lowest BCUT2D eigenvalue weighted by atomic mass is 10.2. The van der Waals surface area contributed by atoms with E-state index in [0.29, 0.717) is 16.8 Å². The van der Waals surface area contributed by atoms with Crippen molar-refractivity contribution in [1.29, 1.82) is 0 Å². The zero-order chi connectivity index (χ0) is 24.8. The van der Waals surface area contributed by atoms with E-state index in [0.717, 1.165) is 9.80 Å². The average molecular weight is 487 g/mol. The van der Waals surface area contributed by atoms with Crippen molar-refractivity contribution >= 4 is 47.2 Å². The van der Waals surface area contributed by atoms with Crippen molar-refractivity contribution in [2.24, 2.45) is 0 Å². The van der Waals surface area contributed by atoms with E-state index in [4.69, 9.17) is 0 Å². The van der Waals surface area contributed by atoms with Crippen LogP contribution < -0.4 is 10.6 Å². The van der Waals surface area contributed by atoms with Crippen LogP contribution in [0.5, 0.6) is 0 Å². The van der Waals surface area contributed by atoms with Gasteiger partial charge in [-0.15, -0.1) is 11.8 Å². The molecule has 0 aliphatic carbocycles. The van der Waals surface area contributed by atoms with Crippen LogP contribution >= 0.6 is 11.8 Å². The second kappa shape index (κ2) is 10.8. The first-order chi connectivity index (χ1) is 16.9. The number of hydrogen-bond acceptors (Lipinski definition) is 6. The first-order valence-electron chi connectivity index (χ1n) is 10.8. The Morgan fingerprint density at radius 3 is 2.40 bits per heavy atom. The summed E-state index contributed by atoms with van der Waals surface area (Å²) in [5.74, 6) is -1.32. The van der Waals surface area contributed by atoms with Crippen molar-refractivity contribution in [1.82, 2.24) is 15.2 Å². The summed E-state index contributed by atoms with van der Waals surface area (Å²) in [5, 5.41) is 5.01. The van der Waals surface area contributed by atoms with Gasteiger partial charge in [0.1, 0.15) is 5.70 Å². The number of imide groups is 1. The topological polar surface area (TPSA) is 108 Å². The first-order valence-corrected chi connectivity index (χ1v) is 11.7. The number of nitrogens with one attached hydrogen (secondary N) is 2. The maximum absolute atomic E-state index is 13.1. The van der Waals surface area contributed by atoms with Crippen LogP contribution in [0.4, 0.5) is 5.69 Å². The summed E-state index contributed by atoms with van der Waals surface area (Å²) >= 11 is 1.31. The largest absolute Gasteiger partial charge is 0.321 e. The molecular formula is C26H22N4O4S. The predicted molar refractivity (Wildman–Crippen MR) is 133 cm³/mol. The molecule has 0 spiro atoms. The number of aromatic nitrogens is 1. The highest BCUT2D eigenvalue weighted by molar-refractivity contribution is 8.00. The van der Waals surface area contributed by atoms with E-state index >= 15 is 0 Å². The third kappa shape index (κ3) is 6.01. The number of hydrogen-bond donors (Lipinski definition) is 2. The van der Waals surface area contributed by atoms with Crippen molar-refractivity contribution in [3.63, 3.8) is 0 Å². The van der Waals surface area contributed by atoms with Crippen LogP contribution in [0.25, 0.3) is 6.08 Å². The van der Waals surface area contributed by atoms with E-state index in [1.165, 1.54) is 18.8 Å². The maximum Gasteiger partial charge on any atom is 0.272 e. The SMILES string of the molecule is CN1C(=O)CC(Sc2ccc(NC(=O)/C(=C/c3cccnc3)NC(=O)c3ccccc3)cc2)C1=O. The molecule has 1 unspecified atom stereocenters.